The van der Waals surface area contributed by atoms with Crippen LogP contribution in [0.1, 0.15) is 29.5 Å². The molecular weight excluding hydrogens is 314 g/mol. The van der Waals surface area contributed by atoms with Crippen LogP contribution in [-0.2, 0) is 6.42 Å². The fourth-order valence-corrected chi connectivity index (χ4v) is 3.31. The first-order valence-corrected chi connectivity index (χ1v) is 8.40. The molecule has 3 heterocycles. The number of nitrogen functional groups attached to an aromatic ring is 1. The molecule has 1 atom stereocenters. The molecule has 0 radical (unpaired) electrons. The van der Waals surface area contributed by atoms with Gasteiger partial charge < -0.3 is 16.0 Å². The van der Waals surface area contributed by atoms with Crippen molar-refractivity contribution in [2.45, 2.75) is 25.2 Å². The second kappa shape index (κ2) is 7.32. The number of urea groups is 1. The van der Waals surface area contributed by atoms with E-state index in [1.54, 1.807) is 12.5 Å². The van der Waals surface area contributed by atoms with E-state index in [0.29, 0.717) is 24.6 Å². The summed E-state index contributed by atoms with van der Waals surface area (Å²) in [6, 6.07) is 1.88. The van der Waals surface area contributed by atoms with E-state index in [1.165, 1.54) is 11.3 Å². The van der Waals surface area contributed by atoms with Crippen molar-refractivity contribution >= 4 is 22.5 Å². The number of carbonyl (C=O) groups is 1. The number of nitrogens with one attached hydrogen (secondary N) is 1. The molecule has 1 fully saturated rings. The zero-order valence-corrected chi connectivity index (χ0v) is 13.5. The highest BCUT2D eigenvalue weighted by Crippen LogP contribution is 2.24. The van der Waals surface area contributed by atoms with Crippen molar-refractivity contribution in [2.75, 3.05) is 25.4 Å². The van der Waals surface area contributed by atoms with Crippen molar-refractivity contribution in [3.63, 3.8) is 0 Å². The molecule has 2 aromatic heterocycles. The number of amides is 2. The third kappa shape index (κ3) is 4.13. The lowest BCUT2D eigenvalue weighted by atomic mass is 9.95. The Morgan fingerprint density at radius 3 is 3.13 bits per heavy atom. The van der Waals surface area contributed by atoms with E-state index in [0.717, 1.165) is 30.1 Å². The Bertz CT molecular complexity index is 648. The van der Waals surface area contributed by atoms with E-state index in [-0.39, 0.29) is 11.9 Å². The maximum Gasteiger partial charge on any atom is 0.317 e. The number of nitrogens with zero attached hydrogens (tertiary/aromatic N) is 5. The van der Waals surface area contributed by atoms with Crippen LogP contribution in [0.15, 0.2) is 18.6 Å². The molecule has 2 amide bonds. The third-order valence-electron chi connectivity index (χ3n) is 3.83. The molecule has 1 saturated heterocycles. The van der Waals surface area contributed by atoms with Gasteiger partial charge in [-0.1, -0.05) is 11.3 Å². The summed E-state index contributed by atoms with van der Waals surface area (Å²) in [5.74, 6) is 0.278. The largest absolute Gasteiger partial charge is 0.374 e. The number of piperidine rings is 1. The van der Waals surface area contributed by atoms with Gasteiger partial charge in [0.05, 0.1) is 0 Å². The third-order valence-corrected chi connectivity index (χ3v) is 4.64. The molecule has 122 valence electrons. The number of likely N-dealkylation sites (tertiary alicyclic amines) is 1. The molecule has 8 nitrogen and oxygen atoms in total. The maximum atomic E-state index is 12.3. The van der Waals surface area contributed by atoms with E-state index in [2.05, 4.69) is 25.5 Å². The number of nitrogens with two attached hydrogens (primary N) is 1. The van der Waals surface area contributed by atoms with Crippen LogP contribution in [0.5, 0.6) is 0 Å². The summed E-state index contributed by atoms with van der Waals surface area (Å²) in [6.45, 7) is 2.00. The highest BCUT2D eigenvalue weighted by Gasteiger charge is 2.25. The van der Waals surface area contributed by atoms with Gasteiger partial charge in [0.2, 0.25) is 5.13 Å². The van der Waals surface area contributed by atoms with Crippen LogP contribution in [0, 0.1) is 0 Å². The first-order chi connectivity index (χ1) is 11.2. The van der Waals surface area contributed by atoms with Gasteiger partial charge in [0.15, 0.2) is 0 Å². The molecule has 0 aromatic carbocycles. The number of hydrogen-bond donors (Lipinski definition) is 2. The standard InChI is InChI=1S/C14H19N7OS/c15-13-20-19-12(23-13)4-6-17-14(22)21-7-1-2-10(8-21)11-3-5-16-9-18-11/h3,5,9-10H,1-2,4,6-8H2,(H2,15,20)(H,17,22)/t10-/m0/s1. The van der Waals surface area contributed by atoms with Crippen LogP contribution in [-0.4, -0.2) is 50.7 Å². The number of hydrogen-bond acceptors (Lipinski definition) is 7. The van der Waals surface area contributed by atoms with Crippen LogP contribution in [0.3, 0.4) is 0 Å². The Labute approximate surface area is 138 Å². The van der Waals surface area contributed by atoms with Crippen LogP contribution in [0.25, 0.3) is 0 Å². The van der Waals surface area contributed by atoms with Crippen LogP contribution < -0.4 is 11.1 Å². The monoisotopic (exact) mass is 333 g/mol. The number of aromatic nitrogens is 4. The van der Waals surface area contributed by atoms with Crippen LogP contribution in [0.2, 0.25) is 0 Å². The fourth-order valence-electron chi connectivity index (χ4n) is 2.70. The molecule has 0 aliphatic carbocycles. The summed E-state index contributed by atoms with van der Waals surface area (Å²) in [6.07, 6.45) is 5.97. The number of rotatable bonds is 4. The minimum absolute atomic E-state index is 0.0405. The first kappa shape index (κ1) is 15.6. The molecule has 0 saturated carbocycles. The predicted molar refractivity (Wildman–Crippen MR) is 87.0 cm³/mol. The van der Waals surface area contributed by atoms with Gasteiger partial charge >= 0.3 is 6.03 Å². The van der Waals surface area contributed by atoms with Crippen molar-refractivity contribution in [2.24, 2.45) is 0 Å². The van der Waals surface area contributed by atoms with Gasteiger partial charge in [0.1, 0.15) is 11.3 Å². The molecule has 3 N–H and O–H groups in total. The second-order valence-corrected chi connectivity index (χ2v) is 6.53. The van der Waals surface area contributed by atoms with E-state index in [1.807, 2.05) is 11.0 Å². The molecule has 1 aliphatic rings. The Morgan fingerprint density at radius 1 is 1.48 bits per heavy atom. The van der Waals surface area contributed by atoms with Gasteiger partial charge in [-0.05, 0) is 18.9 Å². The molecule has 3 rings (SSSR count). The SMILES string of the molecule is Nc1nnc(CCNC(=O)N2CCC[C@H](c3ccncn3)C2)s1. The lowest BCUT2D eigenvalue weighted by molar-refractivity contribution is 0.179. The smallest absolute Gasteiger partial charge is 0.317 e. The van der Waals surface area contributed by atoms with Crippen LogP contribution in [0.4, 0.5) is 9.93 Å². The average Bonchev–Trinajstić information content (AvgIpc) is 3.01. The van der Waals surface area contributed by atoms with Gasteiger partial charge in [-0.25, -0.2) is 14.8 Å². The van der Waals surface area contributed by atoms with Gasteiger partial charge in [0.25, 0.3) is 0 Å². The molecule has 0 unspecified atom stereocenters. The maximum absolute atomic E-state index is 12.3. The predicted octanol–water partition coefficient (Wildman–Crippen LogP) is 1.04. The van der Waals surface area contributed by atoms with Gasteiger partial charge in [-0.2, -0.15) is 0 Å². The highest BCUT2D eigenvalue weighted by atomic mass is 32.1. The molecule has 23 heavy (non-hydrogen) atoms. The number of anilines is 1. The van der Waals surface area contributed by atoms with Crippen molar-refractivity contribution in [3.05, 3.63) is 29.3 Å². The Hall–Kier alpha value is -2.29. The van der Waals surface area contributed by atoms with E-state index >= 15 is 0 Å². The molecule has 9 heteroatoms. The fraction of sp³-hybridized carbons (Fsp3) is 0.500. The zero-order chi connectivity index (χ0) is 16.1. The Morgan fingerprint density at radius 2 is 2.39 bits per heavy atom. The molecular formula is C14H19N7OS. The lowest BCUT2D eigenvalue weighted by Gasteiger charge is -2.32. The van der Waals surface area contributed by atoms with Crippen molar-refractivity contribution in [1.82, 2.24) is 30.4 Å². The lowest BCUT2D eigenvalue weighted by Crippen LogP contribution is -2.45. The number of carbonyl (C=O) groups excluding carboxylic acids is 1. The van der Waals surface area contributed by atoms with Gasteiger partial charge in [-0.3, -0.25) is 0 Å². The van der Waals surface area contributed by atoms with E-state index < -0.39 is 0 Å². The second-order valence-electron chi connectivity index (χ2n) is 5.44. The quantitative estimate of drug-likeness (QED) is 0.865. The van der Waals surface area contributed by atoms with Gasteiger partial charge in [0, 0.05) is 43.9 Å². The molecule has 0 bridgehead atoms. The van der Waals surface area contributed by atoms with E-state index in [4.69, 9.17) is 5.73 Å². The minimum atomic E-state index is -0.0405. The van der Waals surface area contributed by atoms with Crippen molar-refractivity contribution < 1.29 is 4.79 Å². The summed E-state index contributed by atoms with van der Waals surface area (Å²) in [7, 11) is 0. The minimum Gasteiger partial charge on any atom is -0.374 e. The average molecular weight is 333 g/mol. The summed E-state index contributed by atoms with van der Waals surface area (Å²) in [5.41, 5.74) is 6.54. The van der Waals surface area contributed by atoms with Crippen LogP contribution >= 0.6 is 11.3 Å². The highest BCUT2D eigenvalue weighted by molar-refractivity contribution is 7.15. The summed E-state index contributed by atoms with van der Waals surface area (Å²) >= 11 is 1.35. The normalized spacial score (nSPS) is 17.9. The Balaban J connectivity index is 1.49. The molecule has 1 aliphatic heterocycles. The summed E-state index contributed by atoms with van der Waals surface area (Å²) in [5, 5.41) is 11.9. The van der Waals surface area contributed by atoms with E-state index in [9.17, 15) is 4.79 Å². The van der Waals surface area contributed by atoms with Crippen molar-refractivity contribution in [1.29, 1.82) is 0 Å². The zero-order valence-electron chi connectivity index (χ0n) is 12.7. The Kier molecular flexibility index (Phi) is 4.96. The van der Waals surface area contributed by atoms with Gasteiger partial charge in [-0.15, -0.1) is 10.2 Å². The summed E-state index contributed by atoms with van der Waals surface area (Å²) in [4.78, 5) is 22.4. The topological polar surface area (TPSA) is 110 Å². The molecule has 2 aromatic rings. The first-order valence-electron chi connectivity index (χ1n) is 7.59. The van der Waals surface area contributed by atoms with Crippen molar-refractivity contribution in [3.8, 4) is 0 Å². The summed E-state index contributed by atoms with van der Waals surface area (Å²) < 4.78 is 0. The molecule has 0 spiro atoms.